The molecule has 1 aliphatic rings. The third-order valence-corrected chi connectivity index (χ3v) is 3.13. The van der Waals surface area contributed by atoms with E-state index >= 15 is 0 Å². The molecule has 1 aliphatic heterocycles. The Kier molecular flexibility index (Phi) is 2.46. The first-order valence-corrected chi connectivity index (χ1v) is 5.83. The van der Waals surface area contributed by atoms with E-state index in [0.29, 0.717) is 5.57 Å². The molecule has 0 radical (unpaired) electrons. The van der Waals surface area contributed by atoms with Gasteiger partial charge in [0.15, 0.2) is 0 Å². The second kappa shape index (κ2) is 4.14. The Morgan fingerprint density at radius 2 is 2.26 bits per heavy atom. The second-order valence-corrected chi connectivity index (χ2v) is 4.32. The van der Waals surface area contributed by atoms with Gasteiger partial charge in [-0.25, -0.2) is 4.98 Å². The lowest BCUT2D eigenvalue weighted by Crippen LogP contribution is -2.03. The molecule has 0 aliphatic carbocycles. The molecule has 0 spiro atoms. The normalized spacial score (nSPS) is 15.2. The third kappa shape index (κ3) is 1.81. The van der Waals surface area contributed by atoms with Gasteiger partial charge in [-0.05, 0) is 31.2 Å². The van der Waals surface area contributed by atoms with E-state index in [1.807, 2.05) is 25.1 Å². The van der Waals surface area contributed by atoms with Gasteiger partial charge in [0.25, 0.3) is 5.91 Å². The van der Waals surface area contributed by atoms with Crippen molar-refractivity contribution in [2.75, 3.05) is 5.32 Å². The molecule has 0 unspecified atom stereocenters. The molecule has 0 saturated heterocycles. The van der Waals surface area contributed by atoms with Crippen LogP contribution in [0.1, 0.15) is 22.5 Å². The number of carbonyl (C=O) groups excluding carboxylic acids is 1. The van der Waals surface area contributed by atoms with Crippen LogP contribution in [0, 0.1) is 19.3 Å². The predicted octanol–water partition coefficient (Wildman–Crippen LogP) is 2.19. The van der Waals surface area contributed by atoms with Crippen LogP contribution < -0.4 is 5.32 Å². The van der Waals surface area contributed by atoms with Crippen LogP contribution >= 0.6 is 0 Å². The van der Waals surface area contributed by atoms with Crippen LogP contribution in [0.4, 0.5) is 5.69 Å². The van der Waals surface area contributed by atoms with Gasteiger partial charge >= 0.3 is 0 Å². The predicted molar refractivity (Wildman–Crippen MR) is 74.2 cm³/mol. The number of H-pyrrole nitrogens is 1. The van der Waals surface area contributed by atoms with E-state index in [2.05, 4.69) is 21.2 Å². The summed E-state index contributed by atoms with van der Waals surface area (Å²) in [5, 5.41) is 2.82. The molecule has 1 aromatic carbocycles. The lowest BCUT2D eigenvalue weighted by molar-refractivity contribution is -0.110. The van der Waals surface area contributed by atoms with Gasteiger partial charge in [-0.1, -0.05) is 5.92 Å². The molecular weight excluding hydrogens is 238 g/mol. The number of hydrogen-bond acceptors (Lipinski definition) is 2. The van der Waals surface area contributed by atoms with Gasteiger partial charge in [-0.3, -0.25) is 4.79 Å². The zero-order valence-electron chi connectivity index (χ0n) is 10.3. The van der Waals surface area contributed by atoms with Gasteiger partial charge < -0.3 is 10.3 Å². The monoisotopic (exact) mass is 249 g/mol. The summed E-state index contributed by atoms with van der Waals surface area (Å²) in [6.07, 6.45) is 8.79. The Morgan fingerprint density at radius 3 is 2.95 bits per heavy atom. The van der Waals surface area contributed by atoms with Crippen molar-refractivity contribution in [1.82, 2.24) is 9.97 Å². The third-order valence-electron chi connectivity index (χ3n) is 3.13. The fraction of sp³-hybridized carbons (Fsp3) is 0.0667. The van der Waals surface area contributed by atoms with Crippen molar-refractivity contribution in [3.05, 3.63) is 47.0 Å². The van der Waals surface area contributed by atoms with Crippen LogP contribution in [0.25, 0.3) is 11.6 Å². The highest BCUT2D eigenvalue weighted by Gasteiger charge is 2.24. The number of rotatable bonds is 1. The number of imidazole rings is 1. The molecule has 1 aromatic heterocycles. The van der Waals surface area contributed by atoms with Crippen LogP contribution in [-0.2, 0) is 4.79 Å². The van der Waals surface area contributed by atoms with Gasteiger partial charge in [0.05, 0.1) is 23.3 Å². The maximum Gasteiger partial charge on any atom is 0.256 e. The molecule has 4 heteroatoms. The largest absolute Gasteiger partial charge is 0.345 e. The molecule has 4 nitrogen and oxygen atoms in total. The molecule has 0 saturated carbocycles. The number of hydrogen-bond donors (Lipinski definition) is 2. The molecule has 1 amide bonds. The molecule has 0 fully saturated rings. The first-order valence-electron chi connectivity index (χ1n) is 5.83. The highest BCUT2D eigenvalue weighted by molar-refractivity contribution is 6.34. The summed E-state index contributed by atoms with van der Waals surface area (Å²) in [7, 11) is 0. The summed E-state index contributed by atoms with van der Waals surface area (Å²) in [5.41, 5.74) is 4.63. The van der Waals surface area contributed by atoms with Crippen molar-refractivity contribution < 1.29 is 4.79 Å². The fourth-order valence-electron chi connectivity index (χ4n) is 2.08. The Bertz CT molecular complexity index is 747. The maximum atomic E-state index is 12.0. The molecule has 0 atom stereocenters. The smallest absolute Gasteiger partial charge is 0.256 e. The van der Waals surface area contributed by atoms with Crippen molar-refractivity contribution in [1.29, 1.82) is 0 Å². The number of anilines is 1. The summed E-state index contributed by atoms with van der Waals surface area (Å²) in [5.74, 6) is 2.45. The van der Waals surface area contributed by atoms with Crippen molar-refractivity contribution in [3.8, 4) is 12.3 Å². The fourth-order valence-corrected chi connectivity index (χ4v) is 2.08. The number of nitrogens with zero attached hydrogens (tertiary/aromatic N) is 1. The Hall–Kier alpha value is -2.80. The lowest BCUT2D eigenvalue weighted by atomic mass is 10.0. The van der Waals surface area contributed by atoms with Crippen molar-refractivity contribution in [2.24, 2.45) is 0 Å². The van der Waals surface area contributed by atoms with Crippen molar-refractivity contribution in [3.63, 3.8) is 0 Å². The molecule has 2 aromatic rings. The van der Waals surface area contributed by atoms with Gasteiger partial charge in [0, 0.05) is 16.8 Å². The van der Waals surface area contributed by atoms with E-state index in [-0.39, 0.29) is 5.91 Å². The van der Waals surface area contributed by atoms with Crippen LogP contribution in [0.3, 0.4) is 0 Å². The van der Waals surface area contributed by atoms with Crippen LogP contribution in [0.5, 0.6) is 0 Å². The van der Waals surface area contributed by atoms with Crippen LogP contribution in [-0.4, -0.2) is 15.9 Å². The number of aromatic nitrogens is 2. The number of aryl methyl sites for hydroxylation is 1. The Labute approximate surface area is 110 Å². The summed E-state index contributed by atoms with van der Waals surface area (Å²) >= 11 is 0. The van der Waals surface area contributed by atoms with E-state index < -0.39 is 0 Å². The molecule has 3 rings (SSSR count). The minimum atomic E-state index is -0.127. The zero-order valence-corrected chi connectivity index (χ0v) is 10.3. The lowest BCUT2D eigenvalue weighted by Gasteiger charge is -1.99. The molecule has 2 N–H and O–H groups in total. The number of amides is 1. The van der Waals surface area contributed by atoms with E-state index in [4.69, 9.17) is 6.42 Å². The van der Waals surface area contributed by atoms with Gasteiger partial charge in [-0.2, -0.15) is 0 Å². The van der Waals surface area contributed by atoms with Gasteiger partial charge in [0.1, 0.15) is 0 Å². The average molecular weight is 249 g/mol. The SMILES string of the molecule is C#Cc1ccc2c(c1)C(=Cc1[nH]cnc1C)C(=O)N2. The summed E-state index contributed by atoms with van der Waals surface area (Å²) in [6.45, 7) is 1.88. The second-order valence-electron chi connectivity index (χ2n) is 4.32. The van der Waals surface area contributed by atoms with E-state index in [9.17, 15) is 4.79 Å². The highest BCUT2D eigenvalue weighted by atomic mass is 16.2. The Balaban J connectivity index is 2.15. The van der Waals surface area contributed by atoms with Crippen molar-refractivity contribution in [2.45, 2.75) is 6.92 Å². The Morgan fingerprint density at radius 1 is 1.42 bits per heavy atom. The average Bonchev–Trinajstić information content (AvgIpc) is 2.94. The summed E-state index contributed by atoms with van der Waals surface area (Å²) in [6, 6.07) is 5.47. The summed E-state index contributed by atoms with van der Waals surface area (Å²) < 4.78 is 0. The van der Waals surface area contributed by atoms with E-state index in [0.717, 1.165) is 28.2 Å². The quantitative estimate of drug-likeness (QED) is 0.601. The maximum absolute atomic E-state index is 12.0. The number of terminal acetylenes is 1. The molecular formula is C15H11N3O. The molecule has 2 heterocycles. The van der Waals surface area contributed by atoms with Crippen molar-refractivity contribution >= 4 is 23.2 Å². The number of nitrogens with one attached hydrogen (secondary N) is 2. The molecule has 92 valence electrons. The minimum absolute atomic E-state index is 0.127. The van der Waals surface area contributed by atoms with Crippen LogP contribution in [0.2, 0.25) is 0 Å². The zero-order chi connectivity index (χ0) is 13.4. The van der Waals surface area contributed by atoms with Gasteiger partial charge in [0.2, 0.25) is 0 Å². The minimum Gasteiger partial charge on any atom is -0.345 e. The number of carbonyl (C=O) groups is 1. The first kappa shape index (κ1) is 11.3. The van der Waals surface area contributed by atoms with E-state index in [1.165, 1.54) is 0 Å². The van der Waals surface area contributed by atoms with Gasteiger partial charge in [-0.15, -0.1) is 6.42 Å². The topological polar surface area (TPSA) is 57.8 Å². The highest BCUT2D eigenvalue weighted by Crippen LogP contribution is 2.33. The first-order chi connectivity index (χ1) is 9.19. The standard InChI is InChI=1S/C15H11N3O/c1-3-10-4-5-13-11(6-10)12(15(19)18-13)7-14-9(2)16-8-17-14/h1,4-8H,2H3,(H,16,17)(H,18,19). The molecule has 19 heavy (non-hydrogen) atoms. The molecule has 0 bridgehead atoms. The van der Waals surface area contributed by atoms with E-state index in [1.54, 1.807) is 12.4 Å². The number of aromatic amines is 1. The number of fused-ring (bicyclic) bond motifs is 1. The summed E-state index contributed by atoms with van der Waals surface area (Å²) in [4.78, 5) is 19.1. The number of benzene rings is 1. The van der Waals surface area contributed by atoms with Crippen LogP contribution in [0.15, 0.2) is 24.5 Å².